The molecule has 1 aromatic heterocycles. The lowest BCUT2D eigenvalue weighted by atomic mass is 10.2. The zero-order chi connectivity index (χ0) is 6.53. The van der Waals surface area contributed by atoms with Crippen LogP contribution in [0.5, 0.6) is 0 Å². The predicted octanol–water partition coefficient (Wildman–Crippen LogP) is 2.61. The van der Waals surface area contributed by atoms with Gasteiger partial charge < -0.3 is 0 Å². The Bertz CT molecular complexity index is 162. The summed E-state index contributed by atoms with van der Waals surface area (Å²) >= 11 is 0. The van der Waals surface area contributed by atoms with Crippen LogP contribution >= 0.6 is 17.0 Å². The fourth-order valence-corrected chi connectivity index (χ4v) is 0.802. The van der Waals surface area contributed by atoms with Crippen LogP contribution in [0.2, 0.25) is 0 Å². The fourth-order valence-electron chi connectivity index (χ4n) is 0.802. The first kappa shape index (κ1) is 9.63. The summed E-state index contributed by atoms with van der Waals surface area (Å²) in [4.78, 5) is 4.17. The molecule has 1 heterocycles. The normalized spacial score (nSPS) is 8.50. The van der Waals surface area contributed by atoms with Crippen molar-refractivity contribution in [3.63, 3.8) is 0 Å². The third-order valence-electron chi connectivity index (χ3n) is 1.23. The third kappa shape index (κ3) is 2.97. The van der Waals surface area contributed by atoms with Crippen molar-refractivity contribution in [2.45, 2.75) is 19.8 Å². The molecule has 0 atom stereocenters. The standard InChI is InChI=1S/C8H11N.BrH/c1-2-5-8-6-3-4-7-9-8;/h3-4,6-7H,2,5H2,1H3;1H. The van der Waals surface area contributed by atoms with Crippen molar-refractivity contribution < 1.29 is 0 Å². The van der Waals surface area contributed by atoms with Crippen LogP contribution in [0.4, 0.5) is 0 Å². The Hall–Kier alpha value is -0.370. The molecule has 1 aromatic rings. The second-order valence-corrected chi connectivity index (χ2v) is 2.07. The second kappa shape index (κ2) is 5.42. The molecule has 0 radical (unpaired) electrons. The van der Waals surface area contributed by atoms with Crippen molar-refractivity contribution in [2.75, 3.05) is 0 Å². The first-order chi connectivity index (χ1) is 4.43. The van der Waals surface area contributed by atoms with Gasteiger partial charge in [-0.05, 0) is 18.6 Å². The van der Waals surface area contributed by atoms with E-state index in [1.807, 2.05) is 18.3 Å². The molecule has 0 unspecified atom stereocenters. The average Bonchev–Trinajstić information content (AvgIpc) is 1.91. The van der Waals surface area contributed by atoms with Crippen molar-refractivity contribution >= 4 is 17.0 Å². The van der Waals surface area contributed by atoms with Crippen LogP contribution in [0.3, 0.4) is 0 Å². The fraction of sp³-hybridized carbons (Fsp3) is 0.375. The van der Waals surface area contributed by atoms with E-state index in [-0.39, 0.29) is 17.0 Å². The summed E-state index contributed by atoms with van der Waals surface area (Å²) in [5.41, 5.74) is 1.19. The van der Waals surface area contributed by atoms with Gasteiger partial charge in [-0.15, -0.1) is 17.0 Å². The van der Waals surface area contributed by atoms with Crippen LogP contribution in [-0.2, 0) is 6.42 Å². The molecule has 0 aromatic carbocycles. The van der Waals surface area contributed by atoms with Crippen molar-refractivity contribution in [2.24, 2.45) is 0 Å². The predicted molar refractivity (Wildman–Crippen MR) is 48.6 cm³/mol. The van der Waals surface area contributed by atoms with Crippen LogP contribution in [0.15, 0.2) is 24.4 Å². The molecule has 0 fully saturated rings. The van der Waals surface area contributed by atoms with Crippen LogP contribution in [0.25, 0.3) is 0 Å². The molecule has 0 bridgehead atoms. The van der Waals surface area contributed by atoms with Crippen LogP contribution in [-0.4, -0.2) is 4.98 Å². The van der Waals surface area contributed by atoms with Gasteiger partial charge >= 0.3 is 0 Å². The van der Waals surface area contributed by atoms with Crippen LogP contribution in [0, 0.1) is 0 Å². The van der Waals surface area contributed by atoms with Gasteiger partial charge in [0.25, 0.3) is 0 Å². The molecule has 2 heteroatoms. The van der Waals surface area contributed by atoms with Crippen molar-refractivity contribution in [3.05, 3.63) is 30.1 Å². The molecule has 0 aliphatic rings. The average molecular weight is 202 g/mol. The minimum atomic E-state index is 0. The van der Waals surface area contributed by atoms with Gasteiger partial charge in [-0.1, -0.05) is 19.4 Å². The monoisotopic (exact) mass is 201 g/mol. The Balaban J connectivity index is 0.000000810. The maximum Gasteiger partial charge on any atom is 0.0403 e. The molecule has 56 valence electrons. The van der Waals surface area contributed by atoms with Gasteiger partial charge in [0.05, 0.1) is 0 Å². The zero-order valence-corrected chi connectivity index (χ0v) is 7.79. The quantitative estimate of drug-likeness (QED) is 0.718. The molecule has 10 heavy (non-hydrogen) atoms. The van der Waals surface area contributed by atoms with Crippen LogP contribution < -0.4 is 0 Å². The van der Waals surface area contributed by atoms with Crippen molar-refractivity contribution in [1.29, 1.82) is 0 Å². The highest BCUT2D eigenvalue weighted by atomic mass is 79.9. The number of hydrogen-bond donors (Lipinski definition) is 0. The van der Waals surface area contributed by atoms with E-state index < -0.39 is 0 Å². The smallest absolute Gasteiger partial charge is 0.0403 e. The molecule has 0 N–H and O–H groups in total. The molecule has 0 amide bonds. The molecule has 0 spiro atoms. The summed E-state index contributed by atoms with van der Waals surface area (Å²) in [5.74, 6) is 0. The van der Waals surface area contributed by atoms with Crippen molar-refractivity contribution in [3.8, 4) is 0 Å². The summed E-state index contributed by atoms with van der Waals surface area (Å²) in [5, 5.41) is 0. The molecule has 1 nitrogen and oxygen atoms in total. The molecular weight excluding hydrogens is 190 g/mol. The maximum absolute atomic E-state index is 4.17. The number of nitrogens with zero attached hydrogens (tertiary/aromatic N) is 1. The van der Waals surface area contributed by atoms with E-state index in [1.165, 1.54) is 12.1 Å². The first-order valence-electron chi connectivity index (χ1n) is 3.33. The van der Waals surface area contributed by atoms with E-state index in [0.29, 0.717) is 0 Å². The van der Waals surface area contributed by atoms with Crippen LogP contribution in [0.1, 0.15) is 19.0 Å². The van der Waals surface area contributed by atoms with Gasteiger partial charge in [0.15, 0.2) is 0 Å². The highest BCUT2D eigenvalue weighted by molar-refractivity contribution is 8.93. The number of aromatic nitrogens is 1. The summed E-state index contributed by atoms with van der Waals surface area (Å²) in [6, 6.07) is 6.03. The SMILES string of the molecule is Br.CCCc1ccccn1. The lowest BCUT2D eigenvalue weighted by Gasteiger charge is -1.92. The number of halogens is 1. The lowest BCUT2D eigenvalue weighted by Crippen LogP contribution is -1.84. The largest absolute Gasteiger partial charge is 0.261 e. The maximum atomic E-state index is 4.17. The number of pyridine rings is 1. The topological polar surface area (TPSA) is 12.9 Å². The second-order valence-electron chi connectivity index (χ2n) is 2.07. The van der Waals surface area contributed by atoms with E-state index >= 15 is 0 Å². The Morgan fingerprint density at radius 3 is 2.70 bits per heavy atom. The molecule has 0 aliphatic heterocycles. The summed E-state index contributed by atoms with van der Waals surface area (Å²) < 4.78 is 0. The third-order valence-corrected chi connectivity index (χ3v) is 1.23. The minimum absolute atomic E-state index is 0. The lowest BCUT2D eigenvalue weighted by molar-refractivity contribution is 0.883. The van der Waals surface area contributed by atoms with E-state index in [1.54, 1.807) is 0 Å². The summed E-state index contributed by atoms with van der Waals surface area (Å²) in [6.45, 7) is 2.16. The highest BCUT2D eigenvalue weighted by Crippen LogP contribution is 1.95. The Morgan fingerprint density at radius 2 is 2.20 bits per heavy atom. The van der Waals surface area contributed by atoms with E-state index in [2.05, 4.69) is 18.0 Å². The van der Waals surface area contributed by atoms with Gasteiger partial charge in [-0.3, -0.25) is 4.98 Å². The van der Waals surface area contributed by atoms with Gasteiger partial charge in [0.1, 0.15) is 0 Å². The van der Waals surface area contributed by atoms with Crippen molar-refractivity contribution in [1.82, 2.24) is 4.98 Å². The van der Waals surface area contributed by atoms with E-state index in [9.17, 15) is 0 Å². The summed E-state index contributed by atoms with van der Waals surface area (Å²) in [6.07, 6.45) is 4.11. The zero-order valence-electron chi connectivity index (χ0n) is 6.08. The minimum Gasteiger partial charge on any atom is -0.261 e. The van der Waals surface area contributed by atoms with Gasteiger partial charge in [0.2, 0.25) is 0 Å². The number of hydrogen-bond acceptors (Lipinski definition) is 1. The first-order valence-corrected chi connectivity index (χ1v) is 3.33. The molecule has 0 aliphatic carbocycles. The van der Waals surface area contributed by atoms with Gasteiger partial charge in [-0.25, -0.2) is 0 Å². The Labute approximate surface area is 72.3 Å². The van der Waals surface area contributed by atoms with Gasteiger partial charge in [0, 0.05) is 11.9 Å². The Morgan fingerprint density at radius 1 is 1.40 bits per heavy atom. The summed E-state index contributed by atoms with van der Waals surface area (Å²) in [7, 11) is 0. The van der Waals surface area contributed by atoms with E-state index in [0.717, 1.165) is 6.42 Å². The molecule has 1 rings (SSSR count). The molecule has 0 saturated heterocycles. The number of aryl methyl sites for hydroxylation is 1. The van der Waals surface area contributed by atoms with E-state index in [4.69, 9.17) is 0 Å². The Kier molecular flexibility index (Phi) is 5.22. The number of rotatable bonds is 2. The highest BCUT2D eigenvalue weighted by Gasteiger charge is 1.86. The molecule has 0 saturated carbocycles. The molecular formula is C8H12BrN. The van der Waals surface area contributed by atoms with Gasteiger partial charge in [-0.2, -0.15) is 0 Å².